The summed E-state index contributed by atoms with van der Waals surface area (Å²) in [5.41, 5.74) is 1.18. The Morgan fingerprint density at radius 1 is 1.10 bits per heavy atom. The maximum absolute atomic E-state index is 13.7. The van der Waals surface area contributed by atoms with Crippen molar-refractivity contribution in [2.45, 2.75) is 31.2 Å². The molecule has 2 aromatic rings. The molecule has 162 valence electrons. The lowest BCUT2D eigenvalue weighted by atomic mass is 9.74. The fraction of sp³-hybridized carbons (Fsp3) is 0.409. The fourth-order valence-corrected chi connectivity index (χ4v) is 3.55. The summed E-state index contributed by atoms with van der Waals surface area (Å²) < 4.78 is 48.7. The molecule has 0 atom stereocenters. The van der Waals surface area contributed by atoms with Crippen LogP contribution in [0.25, 0.3) is 0 Å². The summed E-state index contributed by atoms with van der Waals surface area (Å²) in [6.45, 7) is 0.983. The van der Waals surface area contributed by atoms with Crippen LogP contribution in [0.2, 0.25) is 0 Å². The van der Waals surface area contributed by atoms with Gasteiger partial charge in [-0.05, 0) is 48.2 Å². The molecule has 0 spiro atoms. The van der Waals surface area contributed by atoms with Crippen LogP contribution in [0.1, 0.15) is 24.0 Å². The number of hydrogen-bond donors (Lipinski definition) is 2. The topological polar surface area (TPSA) is 59.6 Å². The van der Waals surface area contributed by atoms with E-state index in [1.807, 2.05) is 6.07 Å². The van der Waals surface area contributed by atoms with Crippen molar-refractivity contribution < 1.29 is 27.4 Å². The maximum atomic E-state index is 13.7. The Labute approximate surface area is 173 Å². The molecule has 0 unspecified atom stereocenters. The van der Waals surface area contributed by atoms with E-state index in [2.05, 4.69) is 10.6 Å². The molecule has 3 rings (SSSR count). The third-order valence-electron chi connectivity index (χ3n) is 5.20. The van der Waals surface area contributed by atoms with Gasteiger partial charge < -0.3 is 20.1 Å². The number of nitrogens with one attached hydrogen (secondary N) is 2. The molecule has 1 aliphatic heterocycles. The van der Waals surface area contributed by atoms with E-state index in [4.69, 9.17) is 9.47 Å². The van der Waals surface area contributed by atoms with Gasteiger partial charge in [-0.15, -0.1) is 0 Å². The number of carbonyl (C=O) groups excluding carboxylic acids is 1. The first-order valence-corrected chi connectivity index (χ1v) is 9.82. The zero-order valence-corrected chi connectivity index (χ0v) is 16.5. The normalized spacial score (nSPS) is 15.6. The van der Waals surface area contributed by atoms with E-state index < -0.39 is 13.0 Å². The summed E-state index contributed by atoms with van der Waals surface area (Å²) in [6, 6.07) is 12.7. The highest BCUT2D eigenvalue weighted by Crippen LogP contribution is 2.34. The maximum Gasteiger partial charge on any atom is 0.315 e. The number of alkyl halides is 2. The zero-order chi connectivity index (χ0) is 21.4. The second-order valence-electron chi connectivity index (χ2n) is 7.29. The van der Waals surface area contributed by atoms with E-state index >= 15 is 0 Å². The minimum atomic E-state index is -2.55. The lowest BCUT2D eigenvalue weighted by Crippen LogP contribution is -2.47. The summed E-state index contributed by atoms with van der Waals surface area (Å²) in [5, 5.41) is 5.63. The van der Waals surface area contributed by atoms with Gasteiger partial charge in [-0.25, -0.2) is 18.0 Å². The lowest BCUT2D eigenvalue weighted by molar-refractivity contribution is 0.0506. The molecule has 2 amide bonds. The van der Waals surface area contributed by atoms with Crippen LogP contribution in [-0.4, -0.2) is 38.8 Å². The van der Waals surface area contributed by atoms with Crippen molar-refractivity contribution in [3.63, 3.8) is 0 Å². The number of hydrogen-bond acceptors (Lipinski definition) is 3. The molecule has 0 radical (unpaired) electrons. The van der Waals surface area contributed by atoms with Crippen LogP contribution < -0.4 is 15.4 Å². The Morgan fingerprint density at radius 2 is 1.87 bits per heavy atom. The molecule has 2 aromatic carbocycles. The van der Waals surface area contributed by atoms with Crippen LogP contribution in [0.15, 0.2) is 48.5 Å². The SMILES string of the molecule is O=C(NCc1cccc(OCC(F)F)c1)NCC1(c2cccc(F)c2)CCOCC1. The Balaban J connectivity index is 1.56. The van der Waals surface area contributed by atoms with Crippen LogP contribution in [-0.2, 0) is 16.7 Å². The monoisotopic (exact) mass is 422 g/mol. The third kappa shape index (κ3) is 6.13. The van der Waals surface area contributed by atoms with Crippen LogP contribution in [0.3, 0.4) is 0 Å². The van der Waals surface area contributed by atoms with Gasteiger partial charge in [0.2, 0.25) is 0 Å². The summed E-state index contributed by atoms with van der Waals surface area (Å²) in [5.74, 6) is 0.0130. The average molecular weight is 422 g/mol. The molecule has 0 aromatic heterocycles. The predicted molar refractivity (Wildman–Crippen MR) is 106 cm³/mol. The molecular weight excluding hydrogens is 397 g/mol. The van der Waals surface area contributed by atoms with Gasteiger partial charge in [0, 0.05) is 31.7 Å². The fourth-order valence-electron chi connectivity index (χ4n) is 3.55. The molecule has 1 fully saturated rings. The van der Waals surface area contributed by atoms with Crippen molar-refractivity contribution in [1.82, 2.24) is 10.6 Å². The van der Waals surface area contributed by atoms with Gasteiger partial charge >= 0.3 is 6.03 Å². The Bertz CT molecular complexity index is 842. The number of rotatable bonds is 8. The van der Waals surface area contributed by atoms with Crippen molar-refractivity contribution in [3.8, 4) is 5.75 Å². The molecule has 8 heteroatoms. The predicted octanol–water partition coefficient (Wildman–Crippen LogP) is 4.02. The van der Waals surface area contributed by atoms with Crippen molar-refractivity contribution in [2.75, 3.05) is 26.4 Å². The van der Waals surface area contributed by atoms with Crippen LogP contribution in [0, 0.1) is 5.82 Å². The van der Waals surface area contributed by atoms with E-state index in [0.717, 1.165) is 11.1 Å². The molecule has 5 nitrogen and oxygen atoms in total. The highest BCUT2D eigenvalue weighted by molar-refractivity contribution is 5.74. The summed E-state index contributed by atoms with van der Waals surface area (Å²) in [6.07, 6.45) is -1.19. The van der Waals surface area contributed by atoms with Crippen LogP contribution in [0.4, 0.5) is 18.0 Å². The molecule has 1 aliphatic rings. The number of carbonyl (C=O) groups is 1. The molecule has 1 saturated heterocycles. The molecule has 1 heterocycles. The van der Waals surface area contributed by atoms with Gasteiger partial charge in [0.05, 0.1) is 0 Å². The van der Waals surface area contributed by atoms with Crippen molar-refractivity contribution in [1.29, 1.82) is 0 Å². The second kappa shape index (κ2) is 10.3. The molecule has 2 N–H and O–H groups in total. The molecule has 0 saturated carbocycles. The van der Waals surface area contributed by atoms with Crippen molar-refractivity contribution in [2.24, 2.45) is 0 Å². The number of urea groups is 1. The van der Waals surface area contributed by atoms with Crippen LogP contribution >= 0.6 is 0 Å². The third-order valence-corrected chi connectivity index (χ3v) is 5.20. The standard InChI is InChI=1S/C22H25F3N2O3/c23-18-5-2-4-17(12-18)22(7-9-29-10-8-22)15-27-21(28)26-13-16-3-1-6-19(11-16)30-14-20(24)25/h1-6,11-12,20H,7-10,13-15H2,(H2,26,27,28). The number of halogens is 3. The van der Waals surface area contributed by atoms with Crippen molar-refractivity contribution >= 4 is 6.03 Å². The number of amides is 2. The van der Waals surface area contributed by atoms with E-state index in [9.17, 15) is 18.0 Å². The van der Waals surface area contributed by atoms with E-state index in [-0.39, 0.29) is 23.8 Å². The van der Waals surface area contributed by atoms with E-state index in [1.165, 1.54) is 12.1 Å². The van der Waals surface area contributed by atoms with Gasteiger partial charge in [-0.1, -0.05) is 24.3 Å². The largest absolute Gasteiger partial charge is 0.488 e. The highest BCUT2D eigenvalue weighted by Gasteiger charge is 2.35. The Kier molecular flexibility index (Phi) is 7.57. The Hall–Kier alpha value is -2.74. The quantitative estimate of drug-likeness (QED) is 0.676. The van der Waals surface area contributed by atoms with Crippen LogP contribution in [0.5, 0.6) is 5.75 Å². The molecule has 0 bridgehead atoms. The first kappa shape index (κ1) is 22.0. The minimum Gasteiger partial charge on any atom is -0.488 e. The van der Waals surface area contributed by atoms with E-state index in [0.29, 0.717) is 38.3 Å². The lowest BCUT2D eigenvalue weighted by Gasteiger charge is -2.38. The average Bonchev–Trinajstić information content (AvgIpc) is 2.76. The Morgan fingerprint density at radius 3 is 2.60 bits per heavy atom. The zero-order valence-electron chi connectivity index (χ0n) is 16.5. The van der Waals surface area contributed by atoms with E-state index in [1.54, 1.807) is 30.3 Å². The summed E-state index contributed by atoms with van der Waals surface area (Å²) >= 11 is 0. The van der Waals surface area contributed by atoms with Gasteiger partial charge in [-0.3, -0.25) is 0 Å². The number of benzene rings is 2. The molecule has 0 aliphatic carbocycles. The summed E-state index contributed by atoms with van der Waals surface area (Å²) in [4.78, 5) is 12.3. The summed E-state index contributed by atoms with van der Waals surface area (Å²) in [7, 11) is 0. The van der Waals surface area contributed by atoms with Gasteiger partial charge in [-0.2, -0.15) is 0 Å². The smallest absolute Gasteiger partial charge is 0.315 e. The first-order valence-electron chi connectivity index (χ1n) is 9.82. The van der Waals surface area contributed by atoms with Gasteiger partial charge in [0.1, 0.15) is 18.2 Å². The minimum absolute atomic E-state index is 0.216. The van der Waals surface area contributed by atoms with Gasteiger partial charge in [0.25, 0.3) is 6.43 Å². The first-order chi connectivity index (χ1) is 14.5. The van der Waals surface area contributed by atoms with Crippen molar-refractivity contribution in [3.05, 3.63) is 65.5 Å². The number of ether oxygens (including phenoxy) is 2. The molecule has 30 heavy (non-hydrogen) atoms. The highest BCUT2D eigenvalue weighted by atomic mass is 19.3. The second-order valence-corrected chi connectivity index (χ2v) is 7.29. The molecular formula is C22H25F3N2O3. The van der Waals surface area contributed by atoms with Gasteiger partial charge in [0.15, 0.2) is 0 Å².